The van der Waals surface area contributed by atoms with Crippen molar-refractivity contribution in [3.8, 4) is 0 Å². The highest BCUT2D eigenvalue weighted by molar-refractivity contribution is 5.75. The van der Waals surface area contributed by atoms with E-state index in [4.69, 9.17) is 18.9 Å². The third-order valence-corrected chi connectivity index (χ3v) is 6.94. The van der Waals surface area contributed by atoms with Gasteiger partial charge in [0.25, 0.3) is 0 Å². The van der Waals surface area contributed by atoms with E-state index in [0.717, 1.165) is 5.56 Å². The number of ether oxygens (including phenoxy) is 4. The average molecular weight is 675 g/mol. The maximum atomic E-state index is 13.2. The molecule has 1 heterocycles. The van der Waals surface area contributed by atoms with Crippen molar-refractivity contribution in [3.63, 3.8) is 0 Å². The molecule has 0 fully saturated rings. The molecule has 0 saturated heterocycles. The van der Waals surface area contributed by atoms with Crippen molar-refractivity contribution < 1.29 is 38.1 Å². The Bertz CT molecular complexity index is 1220. The molecular formula is C36H58N4O8. The summed E-state index contributed by atoms with van der Waals surface area (Å²) in [5.41, 5.74) is -1.06. The lowest BCUT2D eigenvalue weighted by Gasteiger charge is -2.34. The third kappa shape index (κ3) is 17.5. The third-order valence-electron chi connectivity index (χ3n) is 6.94. The minimum absolute atomic E-state index is 0.0283. The highest BCUT2D eigenvalue weighted by Gasteiger charge is 2.26. The number of esters is 4. The van der Waals surface area contributed by atoms with E-state index in [1.807, 2.05) is 112 Å². The molecule has 1 atom stereocenters. The number of hydrogen-bond acceptors (Lipinski definition) is 12. The number of nitrogens with zero attached hydrogens (tertiary/aromatic N) is 4. The second-order valence-corrected chi connectivity index (χ2v) is 15.1. The minimum Gasteiger partial charge on any atom is -0.459 e. The van der Waals surface area contributed by atoms with Gasteiger partial charge in [0.2, 0.25) is 0 Å². The standard InChI is InChI=1S/C36H58N4O8/c1-28(33(44)45-27-29-14-12-11-13-15-29)40-22-20-38(25-31(42)47-35(5,6)7)18-16-37(24-30(41)46-34(2,3)4)17-19-39(21-23-40)26-32(43)48-36(8,9)10/h11-15,20,22,28H,16-19,21,23-27H2,1-10H3/b22-20-/t28-/m0/s1. The molecule has 0 N–H and O–H groups in total. The highest BCUT2D eigenvalue weighted by Crippen LogP contribution is 2.13. The van der Waals surface area contributed by atoms with Gasteiger partial charge < -0.3 is 28.7 Å². The fraction of sp³-hybridized carbons (Fsp3) is 0.667. The number of rotatable bonds is 10. The van der Waals surface area contributed by atoms with E-state index in [-0.39, 0.29) is 38.2 Å². The van der Waals surface area contributed by atoms with Crippen LogP contribution in [0.2, 0.25) is 0 Å². The molecular weight excluding hydrogens is 616 g/mol. The molecule has 0 aliphatic carbocycles. The zero-order chi connectivity index (χ0) is 36.1. The van der Waals surface area contributed by atoms with E-state index in [0.29, 0.717) is 39.3 Å². The predicted octanol–water partition coefficient (Wildman–Crippen LogP) is 3.84. The minimum atomic E-state index is -0.664. The first-order valence-electron chi connectivity index (χ1n) is 16.7. The summed E-state index contributed by atoms with van der Waals surface area (Å²) in [6.45, 7) is 20.8. The molecule has 1 aliphatic heterocycles. The van der Waals surface area contributed by atoms with Gasteiger partial charge in [-0.25, -0.2) is 4.79 Å². The quantitative estimate of drug-likeness (QED) is 0.265. The maximum Gasteiger partial charge on any atom is 0.328 e. The number of hydrogen-bond donors (Lipinski definition) is 0. The van der Waals surface area contributed by atoms with Gasteiger partial charge in [-0.3, -0.25) is 24.2 Å². The van der Waals surface area contributed by atoms with E-state index in [9.17, 15) is 19.2 Å². The first kappa shape index (κ1) is 40.5. The second kappa shape index (κ2) is 18.2. The van der Waals surface area contributed by atoms with Gasteiger partial charge in [0.15, 0.2) is 0 Å². The summed E-state index contributed by atoms with van der Waals surface area (Å²) in [5, 5.41) is 0. The monoisotopic (exact) mass is 674 g/mol. The molecule has 0 aromatic heterocycles. The summed E-state index contributed by atoms with van der Waals surface area (Å²) < 4.78 is 22.5. The normalized spacial score (nSPS) is 17.4. The van der Waals surface area contributed by atoms with Crippen LogP contribution in [-0.2, 0) is 44.7 Å². The molecule has 1 aliphatic rings. The van der Waals surface area contributed by atoms with E-state index in [2.05, 4.69) is 0 Å². The fourth-order valence-electron chi connectivity index (χ4n) is 4.77. The van der Waals surface area contributed by atoms with Crippen LogP contribution in [0, 0.1) is 0 Å². The molecule has 0 spiro atoms. The summed E-state index contributed by atoms with van der Waals surface area (Å²) in [6.07, 6.45) is 3.53. The van der Waals surface area contributed by atoms with Crippen LogP contribution < -0.4 is 0 Å². The molecule has 0 amide bonds. The lowest BCUT2D eigenvalue weighted by molar-refractivity contribution is -0.158. The number of benzene rings is 1. The van der Waals surface area contributed by atoms with Gasteiger partial charge in [-0.2, -0.15) is 0 Å². The van der Waals surface area contributed by atoms with E-state index >= 15 is 0 Å². The van der Waals surface area contributed by atoms with Crippen LogP contribution in [-0.4, -0.2) is 125 Å². The molecule has 12 nitrogen and oxygen atoms in total. The van der Waals surface area contributed by atoms with Crippen LogP contribution >= 0.6 is 0 Å². The Morgan fingerprint density at radius 2 is 1.06 bits per heavy atom. The Balaban J connectivity index is 2.37. The molecule has 1 aromatic carbocycles. The molecule has 0 unspecified atom stereocenters. The Kier molecular flexibility index (Phi) is 15.4. The average Bonchev–Trinajstić information content (AvgIpc) is 2.93. The highest BCUT2D eigenvalue weighted by atomic mass is 16.6. The fourth-order valence-corrected chi connectivity index (χ4v) is 4.77. The lowest BCUT2D eigenvalue weighted by atomic mass is 10.2. The van der Waals surface area contributed by atoms with Gasteiger partial charge in [-0.15, -0.1) is 0 Å². The molecule has 0 radical (unpaired) electrons. The zero-order valence-electron chi connectivity index (χ0n) is 30.7. The van der Waals surface area contributed by atoms with Gasteiger partial charge in [-0.05, 0) is 74.8 Å². The summed E-state index contributed by atoms with van der Waals surface area (Å²) in [7, 11) is 0. The Morgan fingerprint density at radius 3 is 1.54 bits per heavy atom. The van der Waals surface area contributed by atoms with Gasteiger partial charge in [-0.1, -0.05) is 30.3 Å². The summed E-state index contributed by atoms with van der Waals surface area (Å²) >= 11 is 0. The van der Waals surface area contributed by atoms with Gasteiger partial charge in [0, 0.05) is 51.7 Å². The molecule has 1 aromatic rings. The van der Waals surface area contributed by atoms with Gasteiger partial charge >= 0.3 is 23.9 Å². The Morgan fingerprint density at radius 1 is 0.625 bits per heavy atom. The molecule has 0 saturated carbocycles. The SMILES string of the molecule is C[C@@H](C(=O)OCc1ccccc1)N1/C=C\N(CC(=O)OC(C)(C)C)CCN(CC(=O)OC(C)(C)C)CCN(CC(=O)OC(C)(C)C)CC1. The maximum absolute atomic E-state index is 13.2. The van der Waals surface area contributed by atoms with Crippen molar-refractivity contribution in [1.29, 1.82) is 0 Å². The van der Waals surface area contributed by atoms with Crippen LogP contribution in [0.5, 0.6) is 0 Å². The number of carbonyl (C=O) groups is 4. The van der Waals surface area contributed by atoms with E-state index in [1.165, 1.54) is 0 Å². The van der Waals surface area contributed by atoms with Crippen molar-refractivity contribution in [2.75, 3.05) is 58.9 Å². The Labute approximate surface area is 287 Å². The van der Waals surface area contributed by atoms with Crippen LogP contribution in [0.1, 0.15) is 74.8 Å². The van der Waals surface area contributed by atoms with Crippen molar-refractivity contribution in [1.82, 2.24) is 19.6 Å². The van der Waals surface area contributed by atoms with E-state index in [1.54, 1.807) is 19.3 Å². The van der Waals surface area contributed by atoms with Crippen LogP contribution in [0.4, 0.5) is 0 Å². The molecule has 270 valence electrons. The van der Waals surface area contributed by atoms with Crippen molar-refractivity contribution in [2.24, 2.45) is 0 Å². The van der Waals surface area contributed by atoms with Crippen LogP contribution in [0.3, 0.4) is 0 Å². The zero-order valence-corrected chi connectivity index (χ0v) is 30.7. The predicted molar refractivity (Wildman–Crippen MR) is 184 cm³/mol. The van der Waals surface area contributed by atoms with E-state index < -0.39 is 34.8 Å². The summed E-state index contributed by atoms with van der Waals surface area (Å²) in [4.78, 5) is 59.5. The lowest BCUT2D eigenvalue weighted by Crippen LogP contribution is -2.48. The molecule has 48 heavy (non-hydrogen) atoms. The second-order valence-electron chi connectivity index (χ2n) is 15.1. The smallest absolute Gasteiger partial charge is 0.328 e. The van der Waals surface area contributed by atoms with Gasteiger partial charge in [0.1, 0.15) is 36.0 Å². The van der Waals surface area contributed by atoms with Crippen LogP contribution in [0.25, 0.3) is 0 Å². The first-order chi connectivity index (χ1) is 22.2. The van der Waals surface area contributed by atoms with Gasteiger partial charge in [0.05, 0.1) is 13.1 Å². The largest absolute Gasteiger partial charge is 0.459 e. The first-order valence-corrected chi connectivity index (χ1v) is 16.7. The Hall–Kier alpha value is -3.64. The molecule has 12 heteroatoms. The molecule has 2 rings (SSSR count). The van der Waals surface area contributed by atoms with Crippen molar-refractivity contribution >= 4 is 23.9 Å². The van der Waals surface area contributed by atoms with Crippen molar-refractivity contribution in [3.05, 3.63) is 48.3 Å². The molecule has 0 bridgehead atoms. The summed E-state index contributed by atoms with van der Waals surface area (Å²) in [6, 6.07) is 8.80. The van der Waals surface area contributed by atoms with Crippen LogP contribution in [0.15, 0.2) is 42.7 Å². The number of carbonyl (C=O) groups excluding carboxylic acids is 4. The summed E-state index contributed by atoms with van der Waals surface area (Å²) in [5.74, 6) is -1.54. The topological polar surface area (TPSA) is 118 Å². The van der Waals surface area contributed by atoms with Crippen molar-refractivity contribution in [2.45, 2.75) is 98.7 Å².